The molecule has 0 saturated carbocycles. The average molecular weight is 365 g/mol. The molecule has 3 N–H and O–H groups in total. The molecule has 0 spiro atoms. The molecule has 3 rings (SSSR count). The Morgan fingerprint density at radius 2 is 1.70 bits per heavy atom. The number of phenols is 1. The van der Waals surface area contributed by atoms with E-state index in [4.69, 9.17) is 9.84 Å². The Morgan fingerprint density at radius 3 is 2.37 bits per heavy atom. The van der Waals surface area contributed by atoms with E-state index < -0.39 is 11.9 Å². The molecular formula is C21H19NO5. The maximum absolute atomic E-state index is 12.4. The van der Waals surface area contributed by atoms with Gasteiger partial charge in [-0.05, 0) is 25.1 Å². The molecule has 0 fully saturated rings. The molecule has 3 aromatic carbocycles. The van der Waals surface area contributed by atoms with Crippen LogP contribution in [-0.4, -0.2) is 28.6 Å². The summed E-state index contributed by atoms with van der Waals surface area (Å²) in [4.78, 5) is 23.0. The number of carbonyl (C=O) groups is 2. The van der Waals surface area contributed by atoms with Gasteiger partial charge < -0.3 is 20.3 Å². The minimum Gasteiger partial charge on any atom is -0.506 e. The molecular weight excluding hydrogens is 346 g/mol. The highest BCUT2D eigenvalue weighted by Gasteiger charge is 2.18. The Balaban J connectivity index is 1.99. The van der Waals surface area contributed by atoms with Gasteiger partial charge in [0.25, 0.3) is 5.91 Å². The van der Waals surface area contributed by atoms with Crippen LogP contribution in [0, 0.1) is 6.92 Å². The zero-order valence-electron chi connectivity index (χ0n) is 14.7. The third kappa shape index (κ3) is 4.17. The molecule has 138 valence electrons. The number of aromatic hydroxyl groups is 1. The predicted molar refractivity (Wildman–Crippen MR) is 101 cm³/mol. The van der Waals surface area contributed by atoms with Crippen LogP contribution in [-0.2, 0) is 4.79 Å². The van der Waals surface area contributed by atoms with Crippen LogP contribution >= 0.6 is 0 Å². The smallest absolute Gasteiger partial charge is 0.305 e. The van der Waals surface area contributed by atoms with Gasteiger partial charge in [-0.25, -0.2) is 0 Å². The second-order valence-corrected chi connectivity index (χ2v) is 6.13. The first kappa shape index (κ1) is 18.3. The summed E-state index contributed by atoms with van der Waals surface area (Å²) >= 11 is 0. The number of carbonyl (C=O) groups excluding carboxylic acids is 1. The number of rotatable bonds is 6. The van der Waals surface area contributed by atoms with E-state index in [1.807, 2.05) is 37.3 Å². The number of amides is 1. The van der Waals surface area contributed by atoms with Crippen LogP contribution in [0.2, 0.25) is 0 Å². The minimum atomic E-state index is -1.01. The third-order valence-electron chi connectivity index (χ3n) is 4.10. The van der Waals surface area contributed by atoms with E-state index in [0.29, 0.717) is 22.3 Å². The predicted octanol–water partition coefficient (Wildman–Crippen LogP) is 3.85. The second kappa shape index (κ2) is 7.78. The number of phenolic OH excluding ortho intramolecular Hbond substituents is 1. The van der Waals surface area contributed by atoms with Gasteiger partial charge in [-0.2, -0.15) is 0 Å². The summed E-state index contributed by atoms with van der Waals surface area (Å²) in [5.74, 6) is -0.714. The van der Waals surface area contributed by atoms with Crippen molar-refractivity contribution in [3.63, 3.8) is 0 Å². The van der Waals surface area contributed by atoms with E-state index in [1.165, 1.54) is 6.07 Å². The van der Waals surface area contributed by atoms with Crippen LogP contribution in [0.25, 0.3) is 10.8 Å². The molecule has 0 heterocycles. The molecule has 0 aliphatic heterocycles. The number of nitrogens with one attached hydrogen (secondary N) is 1. The van der Waals surface area contributed by atoms with Crippen LogP contribution < -0.4 is 10.1 Å². The molecule has 1 amide bonds. The van der Waals surface area contributed by atoms with Crippen molar-refractivity contribution in [3.05, 3.63) is 65.7 Å². The van der Waals surface area contributed by atoms with Crippen molar-refractivity contribution in [2.75, 3.05) is 6.54 Å². The first-order chi connectivity index (χ1) is 13.0. The number of fused-ring (bicyclic) bond motifs is 1. The quantitative estimate of drug-likeness (QED) is 0.617. The minimum absolute atomic E-state index is 0.0289. The molecule has 0 bridgehead atoms. The van der Waals surface area contributed by atoms with Crippen molar-refractivity contribution < 1.29 is 24.5 Å². The van der Waals surface area contributed by atoms with Gasteiger partial charge in [-0.1, -0.05) is 42.0 Å². The molecule has 0 radical (unpaired) electrons. The monoisotopic (exact) mass is 365 g/mol. The van der Waals surface area contributed by atoms with Crippen LogP contribution in [0.3, 0.4) is 0 Å². The highest BCUT2D eigenvalue weighted by atomic mass is 16.5. The summed E-state index contributed by atoms with van der Waals surface area (Å²) < 4.78 is 5.95. The summed E-state index contributed by atoms with van der Waals surface area (Å²) in [6.07, 6.45) is -0.202. The van der Waals surface area contributed by atoms with Gasteiger partial charge in [0.2, 0.25) is 0 Å². The molecule has 27 heavy (non-hydrogen) atoms. The SMILES string of the molecule is Cc1ccc(Oc2cc(C(=O)NCCC(=O)O)c(O)c3ccccc23)cc1. The Hall–Kier alpha value is -3.54. The summed E-state index contributed by atoms with van der Waals surface area (Å²) in [6.45, 7) is 1.94. The standard InChI is InChI=1S/C21H19NO5/c1-13-6-8-14(9-7-13)27-18-12-17(21(26)22-11-10-19(23)24)20(25)16-5-3-2-4-15(16)18/h2-9,12,25H,10-11H2,1H3,(H,22,26)(H,23,24). The maximum atomic E-state index is 12.4. The Kier molecular flexibility index (Phi) is 5.26. The van der Waals surface area contributed by atoms with Crippen LogP contribution in [0.5, 0.6) is 17.2 Å². The Morgan fingerprint density at radius 1 is 1.04 bits per heavy atom. The van der Waals surface area contributed by atoms with Gasteiger partial charge in [-0.3, -0.25) is 9.59 Å². The fourth-order valence-electron chi connectivity index (χ4n) is 2.70. The number of hydrogen-bond acceptors (Lipinski definition) is 4. The van der Waals surface area contributed by atoms with E-state index in [-0.39, 0.29) is 24.3 Å². The molecule has 0 aliphatic rings. The van der Waals surface area contributed by atoms with E-state index in [0.717, 1.165) is 5.56 Å². The van der Waals surface area contributed by atoms with E-state index in [2.05, 4.69) is 5.32 Å². The molecule has 0 aromatic heterocycles. The third-order valence-corrected chi connectivity index (χ3v) is 4.10. The summed E-state index contributed by atoms with van der Waals surface area (Å²) in [5, 5.41) is 22.9. The number of aliphatic carboxylic acids is 1. The van der Waals surface area contributed by atoms with E-state index >= 15 is 0 Å². The zero-order chi connectivity index (χ0) is 19.4. The summed E-state index contributed by atoms with van der Waals surface area (Å²) in [7, 11) is 0. The van der Waals surface area contributed by atoms with Crippen molar-refractivity contribution in [1.29, 1.82) is 0 Å². The van der Waals surface area contributed by atoms with Gasteiger partial charge in [-0.15, -0.1) is 0 Å². The van der Waals surface area contributed by atoms with Crippen LogP contribution in [0.15, 0.2) is 54.6 Å². The van der Waals surface area contributed by atoms with Gasteiger partial charge in [0.05, 0.1) is 12.0 Å². The lowest BCUT2D eigenvalue weighted by Crippen LogP contribution is -2.26. The van der Waals surface area contributed by atoms with Crippen molar-refractivity contribution in [2.45, 2.75) is 13.3 Å². The van der Waals surface area contributed by atoms with Crippen LogP contribution in [0.4, 0.5) is 0 Å². The number of aryl methyl sites for hydroxylation is 1. The Labute approximate surface area is 156 Å². The zero-order valence-corrected chi connectivity index (χ0v) is 14.7. The number of carboxylic acid groups (broad SMARTS) is 1. The fraction of sp³-hybridized carbons (Fsp3) is 0.143. The molecule has 0 unspecified atom stereocenters. The topological polar surface area (TPSA) is 95.9 Å². The first-order valence-corrected chi connectivity index (χ1v) is 8.45. The van der Waals surface area contributed by atoms with Gasteiger partial charge in [0.15, 0.2) is 0 Å². The number of benzene rings is 3. The lowest BCUT2D eigenvalue weighted by atomic mass is 10.0. The van der Waals surface area contributed by atoms with Gasteiger partial charge in [0.1, 0.15) is 17.2 Å². The normalized spacial score (nSPS) is 10.6. The largest absolute Gasteiger partial charge is 0.506 e. The number of ether oxygens (including phenoxy) is 1. The molecule has 0 atom stereocenters. The molecule has 0 saturated heterocycles. The average Bonchev–Trinajstić information content (AvgIpc) is 2.65. The Bertz CT molecular complexity index is 995. The van der Waals surface area contributed by atoms with Crippen molar-refractivity contribution in [2.24, 2.45) is 0 Å². The molecule has 3 aromatic rings. The summed E-state index contributed by atoms with van der Waals surface area (Å²) in [6, 6.07) is 16.0. The van der Waals surface area contributed by atoms with Crippen molar-refractivity contribution in [3.8, 4) is 17.2 Å². The molecule has 6 nitrogen and oxygen atoms in total. The number of hydrogen-bond donors (Lipinski definition) is 3. The highest BCUT2D eigenvalue weighted by Crippen LogP contribution is 2.38. The second-order valence-electron chi connectivity index (χ2n) is 6.13. The molecule has 0 aliphatic carbocycles. The van der Waals surface area contributed by atoms with Crippen molar-refractivity contribution >= 4 is 22.6 Å². The van der Waals surface area contributed by atoms with Gasteiger partial charge >= 0.3 is 5.97 Å². The molecule has 6 heteroatoms. The maximum Gasteiger partial charge on any atom is 0.305 e. The fourth-order valence-corrected chi connectivity index (χ4v) is 2.70. The van der Waals surface area contributed by atoms with Gasteiger partial charge in [0, 0.05) is 17.3 Å². The first-order valence-electron chi connectivity index (χ1n) is 8.45. The number of carboxylic acids is 1. The highest BCUT2D eigenvalue weighted by molar-refractivity contribution is 6.06. The summed E-state index contributed by atoms with van der Waals surface area (Å²) in [5.41, 5.74) is 1.12. The lowest BCUT2D eigenvalue weighted by Gasteiger charge is -2.14. The lowest BCUT2D eigenvalue weighted by molar-refractivity contribution is -0.136. The van der Waals surface area contributed by atoms with Crippen molar-refractivity contribution in [1.82, 2.24) is 5.32 Å². The van der Waals surface area contributed by atoms with E-state index in [1.54, 1.807) is 18.2 Å². The van der Waals surface area contributed by atoms with Crippen LogP contribution in [0.1, 0.15) is 22.3 Å². The van der Waals surface area contributed by atoms with E-state index in [9.17, 15) is 14.7 Å².